The molecule has 4 heteroatoms. The molecular formula is C22H18BrFN2. The monoisotopic (exact) mass is 408 g/mol. The van der Waals surface area contributed by atoms with Crippen LogP contribution in [0.25, 0.3) is 17.3 Å². The van der Waals surface area contributed by atoms with Gasteiger partial charge in [0.1, 0.15) is 5.82 Å². The fourth-order valence-corrected chi connectivity index (χ4v) is 3.34. The summed E-state index contributed by atoms with van der Waals surface area (Å²) in [6, 6.07) is 16.6. The van der Waals surface area contributed by atoms with Gasteiger partial charge in [0.05, 0.1) is 11.6 Å². The lowest BCUT2D eigenvalue weighted by molar-refractivity contribution is 0.627. The van der Waals surface area contributed by atoms with E-state index in [1.54, 1.807) is 12.1 Å². The van der Waals surface area contributed by atoms with Crippen LogP contribution in [0.4, 0.5) is 4.39 Å². The van der Waals surface area contributed by atoms with Crippen LogP contribution in [0.1, 0.15) is 28.1 Å². The summed E-state index contributed by atoms with van der Waals surface area (Å²) in [5, 5.41) is 9.53. The van der Waals surface area contributed by atoms with Gasteiger partial charge in [-0.2, -0.15) is 5.26 Å². The summed E-state index contributed by atoms with van der Waals surface area (Å²) in [4.78, 5) is 0. The first-order chi connectivity index (χ1) is 12.4. The molecule has 0 aliphatic carbocycles. The van der Waals surface area contributed by atoms with Crippen molar-refractivity contribution in [3.8, 4) is 11.8 Å². The second kappa shape index (κ2) is 7.31. The zero-order chi connectivity index (χ0) is 18.8. The Kier molecular flexibility index (Phi) is 5.11. The van der Waals surface area contributed by atoms with Crippen LogP contribution in [0.5, 0.6) is 0 Å². The molecule has 0 radical (unpaired) electrons. The van der Waals surface area contributed by atoms with Crippen molar-refractivity contribution in [2.75, 3.05) is 0 Å². The molecule has 0 aliphatic rings. The molecule has 1 heterocycles. The van der Waals surface area contributed by atoms with Gasteiger partial charge in [-0.1, -0.05) is 28.1 Å². The van der Waals surface area contributed by atoms with Crippen LogP contribution in [-0.4, -0.2) is 4.57 Å². The molecule has 0 amide bonds. The quantitative estimate of drug-likeness (QED) is 0.462. The van der Waals surface area contributed by atoms with Crippen molar-refractivity contribution in [3.05, 3.63) is 86.9 Å². The van der Waals surface area contributed by atoms with Gasteiger partial charge in [-0.15, -0.1) is 0 Å². The van der Waals surface area contributed by atoms with E-state index >= 15 is 0 Å². The Morgan fingerprint density at radius 3 is 2.54 bits per heavy atom. The van der Waals surface area contributed by atoms with Crippen molar-refractivity contribution < 1.29 is 4.39 Å². The maximum absolute atomic E-state index is 13.5. The lowest BCUT2D eigenvalue weighted by atomic mass is 10.0. The molecule has 0 fully saturated rings. The SMILES string of the molecule is Cc1cc(-n2c(C)cc(/C=C(/C#N)c3cccc(F)c3)c2C)ccc1Br. The van der Waals surface area contributed by atoms with Crippen LogP contribution in [0, 0.1) is 37.9 Å². The summed E-state index contributed by atoms with van der Waals surface area (Å²) in [7, 11) is 0. The van der Waals surface area contributed by atoms with Crippen LogP contribution >= 0.6 is 15.9 Å². The summed E-state index contributed by atoms with van der Waals surface area (Å²) < 4.78 is 16.7. The predicted octanol–water partition coefficient (Wildman–Crippen LogP) is 6.37. The summed E-state index contributed by atoms with van der Waals surface area (Å²) >= 11 is 3.53. The first-order valence-electron chi connectivity index (χ1n) is 8.24. The number of allylic oxidation sites excluding steroid dienone is 1. The molecule has 130 valence electrons. The van der Waals surface area contributed by atoms with Crippen LogP contribution < -0.4 is 0 Å². The molecule has 26 heavy (non-hydrogen) atoms. The van der Waals surface area contributed by atoms with Crippen molar-refractivity contribution in [1.82, 2.24) is 4.57 Å². The van der Waals surface area contributed by atoms with Crippen molar-refractivity contribution >= 4 is 27.6 Å². The van der Waals surface area contributed by atoms with E-state index in [1.165, 1.54) is 12.1 Å². The molecule has 0 bridgehead atoms. The van der Waals surface area contributed by atoms with Gasteiger partial charge in [-0.3, -0.25) is 0 Å². The Labute approximate surface area is 161 Å². The third-order valence-electron chi connectivity index (χ3n) is 4.43. The summed E-state index contributed by atoms with van der Waals surface area (Å²) in [5.41, 5.74) is 6.31. The number of rotatable bonds is 3. The lowest BCUT2D eigenvalue weighted by Gasteiger charge is -2.11. The molecule has 0 spiro atoms. The molecule has 3 rings (SSSR count). The smallest absolute Gasteiger partial charge is 0.123 e. The van der Waals surface area contributed by atoms with Gasteiger partial charge in [0, 0.05) is 21.5 Å². The number of hydrogen-bond donors (Lipinski definition) is 0. The summed E-state index contributed by atoms with van der Waals surface area (Å²) in [6.45, 7) is 6.12. The van der Waals surface area contributed by atoms with Crippen molar-refractivity contribution in [2.45, 2.75) is 20.8 Å². The van der Waals surface area contributed by atoms with E-state index in [-0.39, 0.29) is 5.82 Å². The van der Waals surface area contributed by atoms with Crippen LogP contribution in [-0.2, 0) is 0 Å². The maximum Gasteiger partial charge on any atom is 0.123 e. The maximum atomic E-state index is 13.5. The minimum Gasteiger partial charge on any atom is -0.318 e. The topological polar surface area (TPSA) is 28.7 Å². The van der Waals surface area contributed by atoms with E-state index in [0.29, 0.717) is 11.1 Å². The van der Waals surface area contributed by atoms with Gasteiger partial charge < -0.3 is 4.57 Å². The zero-order valence-corrected chi connectivity index (χ0v) is 16.4. The minimum absolute atomic E-state index is 0.348. The van der Waals surface area contributed by atoms with E-state index in [9.17, 15) is 9.65 Å². The molecule has 0 atom stereocenters. The molecule has 2 nitrogen and oxygen atoms in total. The van der Waals surface area contributed by atoms with Gasteiger partial charge in [0.25, 0.3) is 0 Å². The van der Waals surface area contributed by atoms with Crippen molar-refractivity contribution in [3.63, 3.8) is 0 Å². The molecule has 0 saturated heterocycles. The van der Waals surface area contributed by atoms with Gasteiger partial charge in [-0.25, -0.2) is 4.39 Å². The highest BCUT2D eigenvalue weighted by Crippen LogP contribution is 2.27. The Morgan fingerprint density at radius 2 is 1.88 bits per heavy atom. The number of halogens is 2. The van der Waals surface area contributed by atoms with E-state index in [4.69, 9.17) is 0 Å². The summed E-state index contributed by atoms with van der Waals surface area (Å²) in [5.74, 6) is -0.348. The molecular weight excluding hydrogens is 391 g/mol. The van der Waals surface area contributed by atoms with Gasteiger partial charge in [0.2, 0.25) is 0 Å². The number of hydrogen-bond acceptors (Lipinski definition) is 1. The second-order valence-corrected chi connectivity index (χ2v) is 7.13. The average Bonchev–Trinajstić information content (AvgIpc) is 2.89. The first-order valence-corrected chi connectivity index (χ1v) is 9.03. The third-order valence-corrected chi connectivity index (χ3v) is 5.32. The minimum atomic E-state index is -0.348. The van der Waals surface area contributed by atoms with Crippen LogP contribution in [0.3, 0.4) is 0 Å². The molecule has 0 aliphatic heterocycles. The molecule has 0 N–H and O–H groups in total. The Bertz CT molecular complexity index is 1050. The Balaban J connectivity index is 2.10. The number of aryl methyl sites for hydroxylation is 2. The molecule has 2 aromatic carbocycles. The highest BCUT2D eigenvalue weighted by Gasteiger charge is 2.12. The molecule has 3 aromatic rings. The van der Waals surface area contributed by atoms with Gasteiger partial charge >= 0.3 is 0 Å². The number of nitriles is 1. The fourth-order valence-electron chi connectivity index (χ4n) is 3.09. The second-order valence-electron chi connectivity index (χ2n) is 6.28. The summed E-state index contributed by atoms with van der Waals surface area (Å²) in [6.07, 6.45) is 1.82. The van der Waals surface area contributed by atoms with E-state index < -0.39 is 0 Å². The largest absolute Gasteiger partial charge is 0.318 e. The van der Waals surface area contributed by atoms with E-state index in [0.717, 1.165) is 32.7 Å². The first kappa shape index (κ1) is 18.2. The lowest BCUT2D eigenvalue weighted by Crippen LogP contribution is -1.99. The molecule has 0 unspecified atom stereocenters. The number of nitrogens with zero attached hydrogens (tertiary/aromatic N) is 2. The van der Waals surface area contributed by atoms with E-state index in [1.807, 2.05) is 32.1 Å². The zero-order valence-electron chi connectivity index (χ0n) is 14.8. The average molecular weight is 409 g/mol. The van der Waals surface area contributed by atoms with Gasteiger partial charge in [-0.05, 0) is 79.9 Å². The van der Waals surface area contributed by atoms with Gasteiger partial charge in [0.15, 0.2) is 0 Å². The Hall–Kier alpha value is -2.64. The molecule has 0 saturated carbocycles. The standard InChI is InChI=1S/C22H18BrFN2/c1-14-9-21(7-8-22(14)23)26-15(2)10-18(16(26)3)11-19(13-25)17-5-4-6-20(24)12-17/h4-12H,1-3H3/b19-11-. The normalized spacial score (nSPS) is 11.5. The number of benzene rings is 2. The predicted molar refractivity (Wildman–Crippen MR) is 108 cm³/mol. The van der Waals surface area contributed by atoms with Crippen LogP contribution in [0.2, 0.25) is 0 Å². The number of aromatic nitrogens is 1. The van der Waals surface area contributed by atoms with Crippen molar-refractivity contribution in [2.24, 2.45) is 0 Å². The highest BCUT2D eigenvalue weighted by molar-refractivity contribution is 9.10. The third kappa shape index (κ3) is 3.49. The van der Waals surface area contributed by atoms with E-state index in [2.05, 4.69) is 45.6 Å². The molecule has 1 aromatic heterocycles. The Morgan fingerprint density at radius 1 is 1.12 bits per heavy atom. The highest BCUT2D eigenvalue weighted by atomic mass is 79.9. The fraction of sp³-hybridized carbons (Fsp3) is 0.136. The van der Waals surface area contributed by atoms with Crippen LogP contribution in [0.15, 0.2) is 53.0 Å². The van der Waals surface area contributed by atoms with Crippen molar-refractivity contribution in [1.29, 1.82) is 5.26 Å².